The molecule has 0 aliphatic rings. The molecule has 1 heterocycles. The molecule has 0 aliphatic carbocycles. The number of hydrogen-bond acceptors (Lipinski definition) is 4. The SMILES string of the molecule is CSCCC(NC(=O)c1ccc(Cl)cc1Cl)C(=O)NCc1nc2ccccc2n1C. The van der Waals surface area contributed by atoms with E-state index in [1.165, 1.54) is 6.07 Å². The van der Waals surface area contributed by atoms with Crippen molar-refractivity contribution in [1.29, 1.82) is 0 Å². The summed E-state index contributed by atoms with van der Waals surface area (Å²) in [7, 11) is 1.91. The molecule has 30 heavy (non-hydrogen) atoms. The normalized spacial score (nSPS) is 12.0. The van der Waals surface area contributed by atoms with Crippen molar-refractivity contribution in [2.24, 2.45) is 7.05 Å². The summed E-state index contributed by atoms with van der Waals surface area (Å²) in [6.45, 7) is 0.261. The van der Waals surface area contributed by atoms with Crippen molar-refractivity contribution in [2.45, 2.75) is 19.0 Å². The van der Waals surface area contributed by atoms with Gasteiger partial charge in [0.15, 0.2) is 0 Å². The summed E-state index contributed by atoms with van der Waals surface area (Å²) in [5.74, 6) is 0.773. The van der Waals surface area contributed by atoms with Gasteiger partial charge in [-0.25, -0.2) is 4.98 Å². The Morgan fingerprint density at radius 1 is 1.20 bits per heavy atom. The van der Waals surface area contributed by atoms with Gasteiger partial charge in [-0.3, -0.25) is 9.59 Å². The fourth-order valence-electron chi connectivity index (χ4n) is 3.06. The van der Waals surface area contributed by atoms with Crippen molar-refractivity contribution in [3.63, 3.8) is 0 Å². The summed E-state index contributed by atoms with van der Waals surface area (Å²) in [4.78, 5) is 30.0. The quantitative estimate of drug-likeness (QED) is 0.527. The lowest BCUT2D eigenvalue weighted by Gasteiger charge is -2.18. The monoisotopic (exact) mass is 464 g/mol. The number of nitrogens with one attached hydrogen (secondary N) is 2. The molecule has 0 radical (unpaired) electrons. The van der Waals surface area contributed by atoms with Gasteiger partial charge >= 0.3 is 0 Å². The van der Waals surface area contributed by atoms with Gasteiger partial charge in [0.1, 0.15) is 11.9 Å². The first-order valence-electron chi connectivity index (χ1n) is 9.33. The van der Waals surface area contributed by atoms with Crippen LogP contribution in [0.25, 0.3) is 11.0 Å². The Balaban J connectivity index is 1.69. The highest BCUT2D eigenvalue weighted by atomic mass is 35.5. The number of aryl methyl sites for hydroxylation is 1. The molecule has 2 amide bonds. The van der Waals surface area contributed by atoms with Gasteiger partial charge in [0.25, 0.3) is 5.91 Å². The number of hydrogen-bond donors (Lipinski definition) is 2. The number of thioether (sulfide) groups is 1. The van der Waals surface area contributed by atoms with Gasteiger partial charge in [-0.15, -0.1) is 0 Å². The van der Waals surface area contributed by atoms with E-state index in [2.05, 4.69) is 15.6 Å². The van der Waals surface area contributed by atoms with E-state index in [4.69, 9.17) is 23.2 Å². The molecule has 2 N–H and O–H groups in total. The molecule has 1 atom stereocenters. The third kappa shape index (κ3) is 5.28. The molecule has 0 aliphatic heterocycles. The van der Waals surface area contributed by atoms with E-state index in [-0.39, 0.29) is 23.0 Å². The number of carbonyl (C=O) groups is 2. The van der Waals surface area contributed by atoms with Crippen molar-refractivity contribution >= 4 is 57.8 Å². The van der Waals surface area contributed by atoms with Gasteiger partial charge in [0.2, 0.25) is 5.91 Å². The standard InChI is InChI=1S/C21H22Cl2N4O2S/c1-27-18-6-4-3-5-16(18)25-19(27)12-24-21(29)17(9-10-30-2)26-20(28)14-8-7-13(22)11-15(14)23/h3-8,11,17H,9-10,12H2,1-2H3,(H,24,29)(H,26,28). The lowest BCUT2D eigenvalue weighted by atomic mass is 10.1. The lowest BCUT2D eigenvalue weighted by Crippen LogP contribution is -2.47. The topological polar surface area (TPSA) is 76.0 Å². The fraction of sp³-hybridized carbons (Fsp3) is 0.286. The number of halogens is 2. The predicted molar refractivity (Wildman–Crippen MR) is 123 cm³/mol. The number of rotatable bonds is 8. The van der Waals surface area contributed by atoms with E-state index >= 15 is 0 Å². The van der Waals surface area contributed by atoms with Gasteiger partial charge in [-0.2, -0.15) is 11.8 Å². The zero-order chi connectivity index (χ0) is 21.7. The molecule has 1 aromatic heterocycles. The van der Waals surface area contributed by atoms with Gasteiger partial charge in [-0.05, 0) is 48.8 Å². The number of para-hydroxylation sites is 2. The number of nitrogens with zero attached hydrogens (tertiary/aromatic N) is 2. The molecule has 0 spiro atoms. The van der Waals surface area contributed by atoms with Crippen LogP contribution in [-0.4, -0.2) is 39.4 Å². The summed E-state index contributed by atoms with van der Waals surface area (Å²) in [5.41, 5.74) is 2.14. The summed E-state index contributed by atoms with van der Waals surface area (Å²) in [5, 5.41) is 6.36. The molecule has 158 valence electrons. The molecule has 0 bridgehead atoms. The number of benzene rings is 2. The van der Waals surface area contributed by atoms with Gasteiger partial charge in [0, 0.05) is 12.1 Å². The summed E-state index contributed by atoms with van der Waals surface area (Å²) >= 11 is 13.6. The van der Waals surface area contributed by atoms with Gasteiger partial charge in [-0.1, -0.05) is 35.3 Å². The Hall–Kier alpha value is -2.22. The number of aromatic nitrogens is 2. The van der Waals surface area contributed by atoms with E-state index < -0.39 is 11.9 Å². The molecular formula is C21H22Cl2N4O2S. The van der Waals surface area contributed by atoms with E-state index in [1.807, 2.05) is 42.1 Å². The number of carbonyl (C=O) groups excluding carboxylic acids is 2. The van der Waals surface area contributed by atoms with E-state index in [9.17, 15) is 9.59 Å². The third-order valence-electron chi connectivity index (χ3n) is 4.71. The third-order valence-corrected chi connectivity index (χ3v) is 5.90. The minimum atomic E-state index is -0.689. The highest BCUT2D eigenvalue weighted by Gasteiger charge is 2.22. The predicted octanol–water partition coefficient (Wildman–Crippen LogP) is 4.05. The first kappa shape index (κ1) is 22.5. The van der Waals surface area contributed by atoms with E-state index in [0.29, 0.717) is 11.4 Å². The molecule has 6 nitrogen and oxygen atoms in total. The van der Waals surface area contributed by atoms with Crippen LogP contribution in [0, 0.1) is 0 Å². The summed E-state index contributed by atoms with van der Waals surface area (Å²) < 4.78 is 1.94. The second kappa shape index (κ2) is 10.2. The zero-order valence-corrected chi connectivity index (χ0v) is 18.9. The second-order valence-electron chi connectivity index (χ2n) is 6.73. The van der Waals surface area contributed by atoms with Crippen LogP contribution in [-0.2, 0) is 18.4 Å². The van der Waals surface area contributed by atoms with Gasteiger partial charge in [0.05, 0.1) is 28.2 Å². The first-order valence-corrected chi connectivity index (χ1v) is 11.5. The van der Waals surface area contributed by atoms with Crippen molar-refractivity contribution < 1.29 is 9.59 Å². The minimum Gasteiger partial charge on any atom is -0.347 e. The highest BCUT2D eigenvalue weighted by Crippen LogP contribution is 2.21. The Kier molecular flexibility index (Phi) is 7.64. The maximum absolute atomic E-state index is 12.8. The van der Waals surface area contributed by atoms with Crippen LogP contribution in [0.4, 0.5) is 0 Å². The summed E-state index contributed by atoms with van der Waals surface area (Å²) in [6, 6.07) is 11.7. The highest BCUT2D eigenvalue weighted by molar-refractivity contribution is 7.98. The smallest absolute Gasteiger partial charge is 0.253 e. The molecule has 9 heteroatoms. The zero-order valence-electron chi connectivity index (χ0n) is 16.6. The van der Waals surface area contributed by atoms with Crippen molar-refractivity contribution in [1.82, 2.24) is 20.2 Å². The van der Waals surface area contributed by atoms with Crippen molar-refractivity contribution in [3.8, 4) is 0 Å². The molecule has 0 saturated carbocycles. The van der Waals surface area contributed by atoms with Crippen LogP contribution in [0.3, 0.4) is 0 Å². The average molecular weight is 465 g/mol. The van der Waals surface area contributed by atoms with Crippen molar-refractivity contribution in [3.05, 3.63) is 63.9 Å². The van der Waals surface area contributed by atoms with Crippen LogP contribution in [0.2, 0.25) is 10.0 Å². The second-order valence-corrected chi connectivity index (χ2v) is 8.55. The molecule has 0 saturated heterocycles. The van der Waals surface area contributed by atoms with Crippen LogP contribution in [0.1, 0.15) is 22.6 Å². The minimum absolute atomic E-state index is 0.240. The van der Waals surface area contributed by atoms with Crippen LogP contribution in [0.15, 0.2) is 42.5 Å². The van der Waals surface area contributed by atoms with Crippen LogP contribution in [0.5, 0.6) is 0 Å². The molecule has 0 fully saturated rings. The Morgan fingerprint density at radius 3 is 2.67 bits per heavy atom. The first-order chi connectivity index (χ1) is 14.4. The fourth-order valence-corrected chi connectivity index (χ4v) is 4.02. The number of imidazole rings is 1. The molecular weight excluding hydrogens is 443 g/mol. The molecule has 1 unspecified atom stereocenters. The maximum atomic E-state index is 12.8. The Labute approximate surface area is 189 Å². The molecule has 3 aromatic rings. The van der Waals surface area contributed by atoms with Crippen LogP contribution < -0.4 is 10.6 Å². The Morgan fingerprint density at radius 2 is 1.97 bits per heavy atom. The number of amides is 2. The lowest BCUT2D eigenvalue weighted by molar-refractivity contribution is -0.123. The average Bonchev–Trinajstić information content (AvgIpc) is 3.05. The van der Waals surface area contributed by atoms with Crippen molar-refractivity contribution in [2.75, 3.05) is 12.0 Å². The largest absolute Gasteiger partial charge is 0.347 e. The molecule has 2 aromatic carbocycles. The van der Waals surface area contributed by atoms with Gasteiger partial charge < -0.3 is 15.2 Å². The Bertz CT molecular complexity index is 1070. The van der Waals surface area contributed by atoms with E-state index in [0.717, 1.165) is 22.6 Å². The maximum Gasteiger partial charge on any atom is 0.253 e. The van der Waals surface area contributed by atoms with Crippen LogP contribution >= 0.6 is 35.0 Å². The van der Waals surface area contributed by atoms with E-state index in [1.54, 1.807) is 23.9 Å². The summed E-state index contributed by atoms with van der Waals surface area (Å²) in [6.07, 6.45) is 2.44. The number of fused-ring (bicyclic) bond motifs is 1. The molecule has 3 rings (SSSR count).